The molecule has 1 aliphatic heterocycles. The van der Waals surface area contributed by atoms with Crippen molar-refractivity contribution in [3.05, 3.63) is 56.8 Å². The molecule has 12 heteroatoms. The maximum Gasteiger partial charge on any atom is 0.293 e. The molecule has 0 bridgehead atoms. The number of rotatable bonds is 4. The van der Waals surface area contributed by atoms with Crippen LogP contribution in [0.25, 0.3) is 17.4 Å². The lowest BCUT2D eigenvalue weighted by Crippen LogP contribution is -2.22. The van der Waals surface area contributed by atoms with Gasteiger partial charge in [-0.25, -0.2) is 0 Å². The Labute approximate surface area is 161 Å². The molecule has 1 aliphatic rings. The Bertz CT molecular complexity index is 1150. The van der Waals surface area contributed by atoms with Crippen LogP contribution in [0.5, 0.6) is 0 Å². The largest absolute Gasteiger partial charge is 0.457 e. The number of nitro groups is 1. The predicted molar refractivity (Wildman–Crippen MR) is 98.6 cm³/mol. The van der Waals surface area contributed by atoms with E-state index in [9.17, 15) is 14.9 Å². The molecule has 11 nitrogen and oxygen atoms in total. The van der Waals surface area contributed by atoms with Crippen LogP contribution in [-0.2, 0) is 4.79 Å². The molecule has 0 atom stereocenters. The summed E-state index contributed by atoms with van der Waals surface area (Å²) in [5.41, 5.74) is 1.01. The van der Waals surface area contributed by atoms with Gasteiger partial charge in [0.15, 0.2) is 0 Å². The molecule has 0 unspecified atom stereocenters. The molecule has 0 saturated carbocycles. The standard InChI is InChI=1S/C16H10ClN7O4/c1-8-11(15(25)23(20-8)16-18-21-22-19-16)7-10-3-5-14(28-10)9-2-4-12(17)13(6-9)24(26)27/h2-7H,1H3,(H,18,19,21,22)/b11-7+. The van der Waals surface area contributed by atoms with Gasteiger partial charge in [-0.2, -0.15) is 15.3 Å². The summed E-state index contributed by atoms with van der Waals surface area (Å²) in [4.78, 5) is 23.0. The van der Waals surface area contributed by atoms with Crippen LogP contribution < -0.4 is 5.01 Å². The van der Waals surface area contributed by atoms with Gasteiger partial charge in [-0.15, -0.1) is 5.10 Å². The van der Waals surface area contributed by atoms with Crippen molar-refractivity contribution in [3.63, 3.8) is 0 Å². The summed E-state index contributed by atoms with van der Waals surface area (Å²) in [7, 11) is 0. The number of aromatic amines is 1. The number of hydrogen-bond donors (Lipinski definition) is 1. The molecule has 2 aromatic heterocycles. The van der Waals surface area contributed by atoms with E-state index < -0.39 is 10.8 Å². The zero-order valence-electron chi connectivity index (χ0n) is 14.2. The first kappa shape index (κ1) is 17.5. The third-order valence-electron chi connectivity index (χ3n) is 3.93. The molecule has 0 aliphatic carbocycles. The van der Waals surface area contributed by atoms with E-state index in [0.717, 1.165) is 5.01 Å². The summed E-state index contributed by atoms with van der Waals surface area (Å²) in [5, 5.41) is 29.3. The number of amides is 1. The molecule has 1 amide bonds. The van der Waals surface area contributed by atoms with Gasteiger partial charge >= 0.3 is 0 Å². The maximum atomic E-state index is 12.5. The predicted octanol–water partition coefficient (Wildman–Crippen LogP) is 2.83. The van der Waals surface area contributed by atoms with Gasteiger partial charge in [0, 0.05) is 11.6 Å². The average molecular weight is 400 g/mol. The van der Waals surface area contributed by atoms with Gasteiger partial charge in [0.1, 0.15) is 16.5 Å². The summed E-state index contributed by atoms with van der Waals surface area (Å²) >= 11 is 5.83. The second kappa shape index (κ2) is 6.70. The van der Waals surface area contributed by atoms with Crippen molar-refractivity contribution >= 4 is 40.9 Å². The third kappa shape index (κ3) is 3.03. The van der Waals surface area contributed by atoms with Crippen molar-refractivity contribution in [2.24, 2.45) is 5.10 Å². The number of nitrogens with zero attached hydrogens (tertiary/aromatic N) is 6. The quantitative estimate of drug-likeness (QED) is 0.403. The van der Waals surface area contributed by atoms with Crippen LogP contribution in [0.3, 0.4) is 0 Å². The fourth-order valence-electron chi connectivity index (χ4n) is 2.60. The molecule has 3 aromatic rings. The molecule has 0 fully saturated rings. The molecule has 0 spiro atoms. The van der Waals surface area contributed by atoms with Crippen LogP contribution in [0.1, 0.15) is 12.7 Å². The number of carbonyl (C=O) groups is 1. The minimum absolute atomic E-state index is 0.0290. The van der Waals surface area contributed by atoms with Crippen LogP contribution in [0.2, 0.25) is 5.02 Å². The zero-order valence-corrected chi connectivity index (χ0v) is 14.9. The lowest BCUT2D eigenvalue weighted by atomic mass is 10.1. The number of hydrogen-bond acceptors (Lipinski definition) is 8. The van der Waals surface area contributed by atoms with Crippen molar-refractivity contribution < 1.29 is 14.1 Å². The molecule has 1 N–H and O–H groups in total. The van der Waals surface area contributed by atoms with E-state index in [1.165, 1.54) is 18.2 Å². The summed E-state index contributed by atoms with van der Waals surface area (Å²) in [6, 6.07) is 7.64. The zero-order chi connectivity index (χ0) is 19.8. The molecular formula is C16H10ClN7O4. The van der Waals surface area contributed by atoms with Crippen molar-refractivity contribution in [1.29, 1.82) is 0 Å². The van der Waals surface area contributed by atoms with Crippen molar-refractivity contribution in [2.75, 3.05) is 5.01 Å². The molecular weight excluding hydrogens is 390 g/mol. The first-order valence-electron chi connectivity index (χ1n) is 7.83. The lowest BCUT2D eigenvalue weighted by molar-refractivity contribution is -0.384. The first-order valence-corrected chi connectivity index (χ1v) is 8.21. The number of aromatic nitrogens is 4. The minimum atomic E-state index is -0.568. The number of furan rings is 1. The van der Waals surface area contributed by atoms with Crippen molar-refractivity contribution in [1.82, 2.24) is 20.6 Å². The summed E-state index contributed by atoms with van der Waals surface area (Å²) in [6.07, 6.45) is 1.52. The van der Waals surface area contributed by atoms with E-state index in [1.807, 2.05) is 0 Å². The van der Waals surface area contributed by atoms with Crippen molar-refractivity contribution in [2.45, 2.75) is 6.92 Å². The number of H-pyrrole nitrogens is 1. The van der Waals surface area contributed by atoms with Crippen LogP contribution in [-0.4, -0.2) is 37.2 Å². The minimum Gasteiger partial charge on any atom is -0.457 e. The molecule has 0 radical (unpaired) electrons. The van der Waals surface area contributed by atoms with Gasteiger partial charge in [-0.1, -0.05) is 16.7 Å². The second-order valence-electron chi connectivity index (χ2n) is 5.70. The highest BCUT2D eigenvalue weighted by molar-refractivity contribution is 6.33. The van der Waals surface area contributed by atoms with E-state index in [4.69, 9.17) is 16.0 Å². The van der Waals surface area contributed by atoms with Gasteiger partial charge in [0.05, 0.1) is 16.2 Å². The van der Waals surface area contributed by atoms with E-state index >= 15 is 0 Å². The molecule has 140 valence electrons. The molecule has 4 rings (SSSR count). The van der Waals surface area contributed by atoms with E-state index in [-0.39, 0.29) is 16.7 Å². The second-order valence-corrected chi connectivity index (χ2v) is 6.10. The lowest BCUT2D eigenvalue weighted by Gasteiger charge is -2.04. The number of tetrazole rings is 1. The number of nitrogens with one attached hydrogen (secondary N) is 1. The summed E-state index contributed by atoms with van der Waals surface area (Å²) < 4.78 is 5.71. The Morgan fingerprint density at radius 1 is 1.32 bits per heavy atom. The Morgan fingerprint density at radius 2 is 2.14 bits per heavy atom. The van der Waals surface area contributed by atoms with E-state index in [0.29, 0.717) is 28.4 Å². The molecule has 3 heterocycles. The van der Waals surface area contributed by atoms with E-state index in [2.05, 4.69) is 25.7 Å². The van der Waals surface area contributed by atoms with Crippen LogP contribution >= 0.6 is 11.6 Å². The fourth-order valence-corrected chi connectivity index (χ4v) is 2.79. The Hall–Kier alpha value is -3.86. The number of anilines is 1. The van der Waals surface area contributed by atoms with Gasteiger partial charge in [-0.05, 0) is 42.5 Å². The molecule has 28 heavy (non-hydrogen) atoms. The topological polar surface area (TPSA) is 143 Å². The fraction of sp³-hybridized carbons (Fsp3) is 0.0625. The molecule has 1 aromatic carbocycles. The maximum absolute atomic E-state index is 12.5. The Morgan fingerprint density at radius 3 is 2.86 bits per heavy atom. The van der Waals surface area contributed by atoms with Gasteiger partial charge in [0.25, 0.3) is 17.5 Å². The summed E-state index contributed by atoms with van der Waals surface area (Å²) in [5.74, 6) is 0.363. The van der Waals surface area contributed by atoms with Gasteiger partial charge in [-0.3, -0.25) is 14.9 Å². The van der Waals surface area contributed by atoms with Crippen LogP contribution in [0.4, 0.5) is 11.6 Å². The molecule has 0 saturated heterocycles. The number of hydrazone groups is 1. The third-order valence-corrected chi connectivity index (χ3v) is 4.25. The number of carbonyl (C=O) groups excluding carboxylic acids is 1. The number of halogens is 1. The highest BCUT2D eigenvalue weighted by Crippen LogP contribution is 2.32. The monoisotopic (exact) mass is 399 g/mol. The average Bonchev–Trinajstić information content (AvgIpc) is 3.39. The van der Waals surface area contributed by atoms with Crippen LogP contribution in [0.15, 0.2) is 45.4 Å². The smallest absolute Gasteiger partial charge is 0.293 e. The highest BCUT2D eigenvalue weighted by atomic mass is 35.5. The Kier molecular flexibility index (Phi) is 4.20. The SMILES string of the molecule is CC1=NN(c2nn[nH]n2)C(=O)/C1=C/c1ccc(-c2ccc(Cl)c([N+](=O)[O-])c2)o1. The van der Waals surface area contributed by atoms with Crippen LogP contribution in [0, 0.1) is 10.1 Å². The highest BCUT2D eigenvalue weighted by Gasteiger charge is 2.31. The van der Waals surface area contributed by atoms with Crippen molar-refractivity contribution in [3.8, 4) is 11.3 Å². The number of nitro benzene ring substituents is 1. The normalized spacial score (nSPS) is 15.4. The first-order chi connectivity index (χ1) is 13.4. The van der Waals surface area contributed by atoms with E-state index in [1.54, 1.807) is 25.1 Å². The van der Waals surface area contributed by atoms with Gasteiger partial charge < -0.3 is 4.42 Å². The van der Waals surface area contributed by atoms with Gasteiger partial charge in [0.2, 0.25) is 0 Å². The Balaban J connectivity index is 1.64. The number of benzene rings is 1. The summed E-state index contributed by atoms with van der Waals surface area (Å²) in [6.45, 7) is 1.66.